The lowest BCUT2D eigenvalue weighted by atomic mass is 9.99. The smallest absolute Gasteiger partial charge is 0.164 e. The number of unbranched alkanes of at least 4 members (excludes halogenated alkanes) is 10. The molecule has 0 bridgehead atoms. The van der Waals surface area contributed by atoms with Gasteiger partial charge in [-0.25, -0.2) is 15.0 Å². The van der Waals surface area contributed by atoms with Crippen molar-refractivity contribution in [2.24, 2.45) is 0 Å². The number of hydrogen-bond donors (Lipinski definition) is 0. The Morgan fingerprint density at radius 3 is 0.981 bits per heavy atom. The maximum atomic E-state index is 5.05. The standard InChI is InChI=1S/C51H59N3/c1-5-7-9-11-13-15-17-40-19-23-42(24-20-40)44-27-31-46(32-28-44)49-52-50(54-51(53-49)48-36-38(3)35-39(4)37-48)47-33-29-45(30-34-47)43-25-21-41(22-26-43)18-16-14-12-10-8-6-2/h19-37H,5-18H2,1-4H3. The van der Waals surface area contributed by atoms with Gasteiger partial charge in [-0.2, -0.15) is 0 Å². The summed E-state index contributed by atoms with van der Waals surface area (Å²) in [4.78, 5) is 15.1. The Balaban J connectivity index is 1.19. The van der Waals surface area contributed by atoms with Crippen molar-refractivity contribution in [3.05, 3.63) is 138 Å². The van der Waals surface area contributed by atoms with E-state index in [0.717, 1.165) is 29.5 Å². The van der Waals surface area contributed by atoms with Crippen molar-refractivity contribution in [3.63, 3.8) is 0 Å². The zero-order valence-electron chi connectivity index (χ0n) is 33.2. The van der Waals surface area contributed by atoms with Gasteiger partial charge in [-0.1, -0.05) is 192 Å². The van der Waals surface area contributed by atoms with Crippen LogP contribution in [-0.2, 0) is 12.8 Å². The van der Waals surface area contributed by atoms with Crippen LogP contribution >= 0.6 is 0 Å². The van der Waals surface area contributed by atoms with E-state index in [4.69, 9.17) is 15.0 Å². The molecule has 278 valence electrons. The Kier molecular flexibility index (Phi) is 14.4. The lowest BCUT2D eigenvalue weighted by Crippen LogP contribution is -2.00. The Morgan fingerprint density at radius 1 is 0.315 bits per heavy atom. The van der Waals surface area contributed by atoms with Crippen LogP contribution in [0.2, 0.25) is 0 Å². The van der Waals surface area contributed by atoms with Crippen molar-refractivity contribution in [2.45, 2.75) is 118 Å². The molecule has 0 saturated heterocycles. The molecule has 5 aromatic carbocycles. The average molecular weight is 714 g/mol. The van der Waals surface area contributed by atoms with Gasteiger partial charge in [0.1, 0.15) is 0 Å². The number of hydrogen-bond acceptors (Lipinski definition) is 3. The highest BCUT2D eigenvalue weighted by Gasteiger charge is 2.14. The first kappa shape index (κ1) is 38.8. The van der Waals surface area contributed by atoms with Gasteiger partial charge in [-0.15, -0.1) is 0 Å². The molecule has 6 aromatic rings. The SMILES string of the molecule is CCCCCCCCc1ccc(-c2ccc(-c3nc(-c4ccc(-c5ccc(CCCCCCCC)cc5)cc4)nc(-c4cc(C)cc(C)c4)n3)cc2)cc1. The summed E-state index contributed by atoms with van der Waals surface area (Å²) in [5.41, 5.74) is 13.0. The predicted molar refractivity (Wildman–Crippen MR) is 231 cm³/mol. The summed E-state index contributed by atoms with van der Waals surface area (Å²) in [7, 11) is 0. The predicted octanol–water partition coefficient (Wildman–Crippen LogP) is 14.6. The molecule has 3 nitrogen and oxygen atoms in total. The summed E-state index contributed by atoms with van der Waals surface area (Å²) >= 11 is 0. The van der Waals surface area contributed by atoms with Crippen molar-refractivity contribution in [1.29, 1.82) is 0 Å². The maximum Gasteiger partial charge on any atom is 0.164 e. The minimum absolute atomic E-state index is 0.681. The van der Waals surface area contributed by atoms with E-state index in [1.54, 1.807) is 0 Å². The number of nitrogens with zero attached hydrogens (tertiary/aromatic N) is 3. The van der Waals surface area contributed by atoms with Gasteiger partial charge < -0.3 is 0 Å². The summed E-state index contributed by atoms with van der Waals surface area (Å²) in [6, 6.07) is 42.0. The van der Waals surface area contributed by atoms with Crippen molar-refractivity contribution >= 4 is 0 Å². The molecule has 0 radical (unpaired) electrons. The first-order valence-corrected chi connectivity index (χ1v) is 20.7. The number of aromatic nitrogens is 3. The minimum atomic E-state index is 0.681. The van der Waals surface area contributed by atoms with Gasteiger partial charge in [-0.3, -0.25) is 0 Å². The van der Waals surface area contributed by atoms with Crippen molar-refractivity contribution in [1.82, 2.24) is 15.0 Å². The second-order valence-electron chi connectivity index (χ2n) is 15.3. The molecule has 0 aliphatic carbocycles. The Labute approximate surface area is 325 Å². The van der Waals surface area contributed by atoms with E-state index in [1.807, 2.05) is 0 Å². The normalized spacial score (nSPS) is 11.3. The summed E-state index contributed by atoms with van der Waals surface area (Å²) in [5, 5.41) is 0. The zero-order chi connectivity index (χ0) is 37.5. The quantitative estimate of drug-likeness (QED) is 0.0785. The molecule has 0 unspecified atom stereocenters. The van der Waals surface area contributed by atoms with Gasteiger partial charge in [0.25, 0.3) is 0 Å². The van der Waals surface area contributed by atoms with Gasteiger partial charge in [0, 0.05) is 16.7 Å². The van der Waals surface area contributed by atoms with Crippen LogP contribution in [0.5, 0.6) is 0 Å². The van der Waals surface area contributed by atoms with E-state index in [1.165, 1.54) is 122 Å². The van der Waals surface area contributed by atoms with E-state index in [-0.39, 0.29) is 0 Å². The van der Waals surface area contributed by atoms with Crippen molar-refractivity contribution < 1.29 is 0 Å². The van der Waals surface area contributed by atoms with Crippen molar-refractivity contribution in [3.8, 4) is 56.4 Å². The van der Waals surface area contributed by atoms with Crippen LogP contribution in [0.3, 0.4) is 0 Å². The van der Waals surface area contributed by atoms with Crippen LogP contribution in [0.15, 0.2) is 115 Å². The highest BCUT2D eigenvalue weighted by Crippen LogP contribution is 2.30. The molecule has 1 aromatic heterocycles. The van der Waals surface area contributed by atoms with Crippen LogP contribution < -0.4 is 0 Å². The summed E-state index contributed by atoms with van der Waals surface area (Å²) < 4.78 is 0. The number of aryl methyl sites for hydroxylation is 4. The third-order valence-electron chi connectivity index (χ3n) is 10.6. The highest BCUT2D eigenvalue weighted by atomic mass is 15.0. The molecule has 54 heavy (non-hydrogen) atoms. The third-order valence-corrected chi connectivity index (χ3v) is 10.6. The molecular formula is C51H59N3. The van der Waals surface area contributed by atoms with Gasteiger partial charge in [0.05, 0.1) is 0 Å². The van der Waals surface area contributed by atoms with E-state index < -0.39 is 0 Å². The average Bonchev–Trinajstić information content (AvgIpc) is 3.20. The fourth-order valence-electron chi connectivity index (χ4n) is 7.44. The zero-order valence-corrected chi connectivity index (χ0v) is 33.2. The lowest BCUT2D eigenvalue weighted by molar-refractivity contribution is 0.607. The number of rotatable bonds is 19. The van der Waals surface area contributed by atoms with E-state index in [0.29, 0.717) is 17.5 Å². The number of benzene rings is 5. The first-order valence-electron chi connectivity index (χ1n) is 20.7. The van der Waals surface area contributed by atoms with E-state index in [9.17, 15) is 0 Å². The van der Waals surface area contributed by atoms with Gasteiger partial charge in [-0.05, 0) is 85.0 Å². The van der Waals surface area contributed by atoms with Gasteiger partial charge in [0.15, 0.2) is 17.5 Å². The summed E-state index contributed by atoms with van der Waals surface area (Å²) in [5.74, 6) is 2.05. The minimum Gasteiger partial charge on any atom is -0.208 e. The van der Waals surface area contributed by atoms with Crippen LogP contribution in [0, 0.1) is 13.8 Å². The van der Waals surface area contributed by atoms with Crippen molar-refractivity contribution in [2.75, 3.05) is 0 Å². The van der Waals surface area contributed by atoms with Gasteiger partial charge >= 0.3 is 0 Å². The molecule has 0 spiro atoms. The molecule has 0 atom stereocenters. The maximum absolute atomic E-state index is 5.05. The van der Waals surface area contributed by atoms with Crippen LogP contribution in [-0.4, -0.2) is 15.0 Å². The molecule has 1 heterocycles. The lowest BCUT2D eigenvalue weighted by Gasteiger charge is -2.11. The molecule has 0 fully saturated rings. The first-order chi connectivity index (χ1) is 26.5. The summed E-state index contributed by atoms with van der Waals surface area (Å²) in [6.07, 6.45) is 18.3. The van der Waals surface area contributed by atoms with Crippen LogP contribution in [0.1, 0.15) is 113 Å². The Bertz CT molecular complexity index is 1880. The molecule has 6 rings (SSSR count). The van der Waals surface area contributed by atoms with Crippen LogP contribution in [0.4, 0.5) is 0 Å². The monoisotopic (exact) mass is 713 g/mol. The van der Waals surface area contributed by atoms with E-state index >= 15 is 0 Å². The molecule has 0 N–H and O–H groups in total. The molecule has 0 aliphatic heterocycles. The molecule has 3 heteroatoms. The second kappa shape index (κ2) is 20.0. The molecule has 0 aliphatic rings. The fourth-order valence-corrected chi connectivity index (χ4v) is 7.44. The highest BCUT2D eigenvalue weighted by molar-refractivity contribution is 5.72. The summed E-state index contributed by atoms with van der Waals surface area (Å²) in [6.45, 7) is 8.80. The Hall–Kier alpha value is -4.89. The molecule has 0 amide bonds. The fraction of sp³-hybridized carbons (Fsp3) is 0.353. The topological polar surface area (TPSA) is 38.7 Å². The molecular weight excluding hydrogens is 655 g/mol. The Morgan fingerprint density at radius 2 is 0.611 bits per heavy atom. The molecule has 0 saturated carbocycles. The van der Waals surface area contributed by atoms with Crippen LogP contribution in [0.25, 0.3) is 56.4 Å². The van der Waals surface area contributed by atoms with E-state index in [2.05, 4.69) is 143 Å². The third kappa shape index (κ3) is 11.1. The second-order valence-corrected chi connectivity index (χ2v) is 15.3. The van der Waals surface area contributed by atoms with Gasteiger partial charge in [0.2, 0.25) is 0 Å². The largest absolute Gasteiger partial charge is 0.208 e.